The van der Waals surface area contributed by atoms with Gasteiger partial charge in [0.05, 0.1) is 17.2 Å². The van der Waals surface area contributed by atoms with Gasteiger partial charge in [0.15, 0.2) is 0 Å². The summed E-state index contributed by atoms with van der Waals surface area (Å²) >= 11 is 0. The van der Waals surface area contributed by atoms with Crippen LogP contribution >= 0.6 is 0 Å². The molecule has 0 fully saturated rings. The summed E-state index contributed by atoms with van der Waals surface area (Å²) in [5.74, 6) is -0.00201. The van der Waals surface area contributed by atoms with E-state index in [1.54, 1.807) is 25.1 Å². The highest BCUT2D eigenvalue weighted by Gasteiger charge is 2.16. The molecule has 2 aromatic carbocycles. The molecule has 0 atom stereocenters. The first-order chi connectivity index (χ1) is 10.9. The molecule has 2 aromatic rings. The average molecular weight is 337 g/mol. The molecule has 0 aliphatic rings. The number of sulfonamides is 1. The third-order valence-corrected chi connectivity index (χ3v) is 4.65. The highest BCUT2D eigenvalue weighted by Crippen LogP contribution is 2.22. The number of halogens is 1. The van der Waals surface area contributed by atoms with Gasteiger partial charge < -0.3 is 4.74 Å². The van der Waals surface area contributed by atoms with Crippen molar-refractivity contribution in [1.82, 2.24) is 0 Å². The van der Waals surface area contributed by atoms with E-state index in [1.165, 1.54) is 24.3 Å². The smallest absolute Gasteiger partial charge is 0.261 e. The number of nitrogens with one attached hydrogen (secondary N) is 1. The van der Waals surface area contributed by atoms with E-state index in [2.05, 4.69) is 11.6 Å². The molecule has 124 valence electrons. The van der Waals surface area contributed by atoms with E-state index in [1.807, 2.05) is 0 Å². The molecule has 0 amide bonds. The van der Waals surface area contributed by atoms with E-state index in [0.717, 1.165) is 18.4 Å². The molecule has 2 rings (SSSR count). The Morgan fingerprint density at radius 3 is 2.48 bits per heavy atom. The van der Waals surface area contributed by atoms with E-state index in [0.29, 0.717) is 12.4 Å². The van der Waals surface area contributed by atoms with Crippen LogP contribution in [0.3, 0.4) is 0 Å². The van der Waals surface area contributed by atoms with Gasteiger partial charge in [-0.2, -0.15) is 0 Å². The maximum absolute atomic E-state index is 13.7. The highest BCUT2D eigenvalue weighted by molar-refractivity contribution is 7.92. The van der Waals surface area contributed by atoms with Crippen LogP contribution in [-0.2, 0) is 10.0 Å². The normalized spacial score (nSPS) is 11.3. The quantitative estimate of drug-likeness (QED) is 0.774. The number of hydrogen-bond donors (Lipinski definition) is 1. The Balaban J connectivity index is 2.14. The Morgan fingerprint density at radius 1 is 1.13 bits per heavy atom. The van der Waals surface area contributed by atoms with Crippen LogP contribution in [0.25, 0.3) is 0 Å². The number of hydrogen-bond acceptors (Lipinski definition) is 3. The molecule has 0 aromatic heterocycles. The van der Waals surface area contributed by atoms with Crippen LogP contribution in [0.5, 0.6) is 5.75 Å². The Morgan fingerprint density at radius 2 is 1.83 bits per heavy atom. The molecule has 0 bridgehead atoms. The predicted molar refractivity (Wildman–Crippen MR) is 88.8 cm³/mol. The molecule has 4 nitrogen and oxygen atoms in total. The number of rotatable bonds is 7. The average Bonchev–Trinajstić information content (AvgIpc) is 2.51. The standard InChI is InChI=1S/C17H20FNO3S/c1-3-4-11-22-14-6-8-15(9-7-14)23(20,21)19-17-12-13(2)5-10-16(17)18/h5-10,12,19H,3-4,11H2,1-2H3. The lowest BCUT2D eigenvalue weighted by molar-refractivity contribution is 0.309. The first-order valence-corrected chi connectivity index (χ1v) is 8.92. The number of aryl methyl sites for hydroxylation is 1. The van der Waals surface area contributed by atoms with Crippen LogP contribution in [0, 0.1) is 12.7 Å². The van der Waals surface area contributed by atoms with Gasteiger partial charge in [-0.25, -0.2) is 12.8 Å². The molecular formula is C17H20FNO3S. The summed E-state index contributed by atoms with van der Waals surface area (Å²) < 4.78 is 46.1. The summed E-state index contributed by atoms with van der Waals surface area (Å²) in [4.78, 5) is 0.0567. The zero-order chi connectivity index (χ0) is 16.9. The third kappa shape index (κ3) is 4.69. The molecule has 0 unspecified atom stereocenters. The minimum Gasteiger partial charge on any atom is -0.494 e. The summed E-state index contributed by atoms with van der Waals surface area (Å²) in [7, 11) is -3.84. The Kier molecular flexibility index (Phi) is 5.60. The Labute approximate surface area is 136 Å². The number of ether oxygens (including phenoxy) is 1. The van der Waals surface area contributed by atoms with Gasteiger partial charge in [0.25, 0.3) is 10.0 Å². The third-order valence-electron chi connectivity index (χ3n) is 3.27. The molecule has 1 N–H and O–H groups in total. The summed E-state index contributed by atoms with van der Waals surface area (Å²) in [5, 5.41) is 0. The van der Waals surface area contributed by atoms with Crippen LogP contribution in [0.1, 0.15) is 25.3 Å². The fourth-order valence-corrected chi connectivity index (χ4v) is 3.03. The first kappa shape index (κ1) is 17.3. The van der Waals surface area contributed by atoms with Gasteiger partial charge in [0, 0.05) is 0 Å². The maximum atomic E-state index is 13.7. The highest BCUT2D eigenvalue weighted by atomic mass is 32.2. The van der Waals surface area contributed by atoms with Crippen LogP contribution in [0.15, 0.2) is 47.4 Å². The van der Waals surface area contributed by atoms with Crippen molar-refractivity contribution in [1.29, 1.82) is 0 Å². The second-order valence-corrected chi connectivity index (χ2v) is 6.94. The second kappa shape index (κ2) is 7.46. The van der Waals surface area contributed by atoms with Crippen LogP contribution < -0.4 is 9.46 Å². The predicted octanol–water partition coefficient (Wildman–Crippen LogP) is 4.11. The van der Waals surface area contributed by atoms with Crippen LogP contribution in [0.2, 0.25) is 0 Å². The van der Waals surface area contributed by atoms with Gasteiger partial charge in [-0.1, -0.05) is 19.4 Å². The molecule has 6 heteroatoms. The lowest BCUT2D eigenvalue weighted by Crippen LogP contribution is -2.14. The molecule has 0 saturated heterocycles. The van der Waals surface area contributed by atoms with Crippen molar-refractivity contribution >= 4 is 15.7 Å². The minimum atomic E-state index is -3.84. The summed E-state index contributed by atoms with van der Waals surface area (Å²) in [6, 6.07) is 10.3. The van der Waals surface area contributed by atoms with Gasteiger partial charge in [0.1, 0.15) is 11.6 Å². The maximum Gasteiger partial charge on any atom is 0.261 e. The summed E-state index contributed by atoms with van der Waals surface area (Å²) in [5.41, 5.74) is 0.706. The Bertz CT molecular complexity index is 758. The Hall–Kier alpha value is -2.08. The van der Waals surface area contributed by atoms with Crippen molar-refractivity contribution in [3.63, 3.8) is 0 Å². The van der Waals surface area contributed by atoms with Crippen molar-refractivity contribution in [3.8, 4) is 5.75 Å². The monoisotopic (exact) mass is 337 g/mol. The zero-order valence-electron chi connectivity index (χ0n) is 13.2. The van der Waals surface area contributed by atoms with E-state index in [4.69, 9.17) is 4.74 Å². The lowest BCUT2D eigenvalue weighted by Gasteiger charge is -2.10. The molecule has 23 heavy (non-hydrogen) atoms. The topological polar surface area (TPSA) is 55.4 Å². The van der Waals surface area contributed by atoms with Crippen molar-refractivity contribution in [2.75, 3.05) is 11.3 Å². The van der Waals surface area contributed by atoms with Gasteiger partial charge in [-0.15, -0.1) is 0 Å². The zero-order valence-corrected chi connectivity index (χ0v) is 14.0. The molecule has 0 spiro atoms. The SMILES string of the molecule is CCCCOc1ccc(S(=O)(=O)Nc2cc(C)ccc2F)cc1. The van der Waals surface area contributed by atoms with Crippen molar-refractivity contribution in [2.24, 2.45) is 0 Å². The first-order valence-electron chi connectivity index (χ1n) is 7.44. The lowest BCUT2D eigenvalue weighted by atomic mass is 10.2. The van der Waals surface area contributed by atoms with E-state index in [9.17, 15) is 12.8 Å². The van der Waals surface area contributed by atoms with Gasteiger partial charge in [-0.3, -0.25) is 4.72 Å². The molecule has 0 radical (unpaired) electrons. The van der Waals surface area contributed by atoms with Gasteiger partial charge in [-0.05, 0) is 55.3 Å². The molecular weight excluding hydrogens is 317 g/mol. The van der Waals surface area contributed by atoms with Gasteiger partial charge in [0.2, 0.25) is 0 Å². The molecule has 0 saturated carbocycles. The van der Waals surface area contributed by atoms with Gasteiger partial charge >= 0.3 is 0 Å². The summed E-state index contributed by atoms with van der Waals surface area (Å²) in [6.07, 6.45) is 1.96. The molecule has 0 heterocycles. The van der Waals surface area contributed by atoms with E-state index in [-0.39, 0.29) is 10.6 Å². The summed E-state index contributed by atoms with van der Waals surface area (Å²) in [6.45, 7) is 4.42. The van der Waals surface area contributed by atoms with Crippen molar-refractivity contribution < 1.29 is 17.5 Å². The number of benzene rings is 2. The molecule has 0 aliphatic heterocycles. The van der Waals surface area contributed by atoms with E-state index < -0.39 is 15.8 Å². The van der Waals surface area contributed by atoms with Crippen LogP contribution in [0.4, 0.5) is 10.1 Å². The van der Waals surface area contributed by atoms with E-state index >= 15 is 0 Å². The fourth-order valence-electron chi connectivity index (χ4n) is 1.97. The van der Waals surface area contributed by atoms with Crippen molar-refractivity contribution in [2.45, 2.75) is 31.6 Å². The van der Waals surface area contributed by atoms with Crippen molar-refractivity contribution in [3.05, 3.63) is 53.8 Å². The number of unbranched alkanes of at least 4 members (excludes halogenated alkanes) is 1. The second-order valence-electron chi connectivity index (χ2n) is 5.26. The molecule has 0 aliphatic carbocycles. The fraction of sp³-hybridized carbons (Fsp3) is 0.294. The minimum absolute atomic E-state index is 0.0567. The largest absolute Gasteiger partial charge is 0.494 e. The number of anilines is 1. The van der Waals surface area contributed by atoms with Crippen LogP contribution in [-0.4, -0.2) is 15.0 Å².